The molecule has 144 valence electrons. The molecule has 0 aromatic carbocycles. The summed E-state index contributed by atoms with van der Waals surface area (Å²) >= 11 is 1.48. The highest BCUT2D eigenvalue weighted by atomic mass is 32.2. The van der Waals surface area contributed by atoms with Gasteiger partial charge in [0.15, 0.2) is 5.16 Å². The van der Waals surface area contributed by atoms with Gasteiger partial charge in [-0.3, -0.25) is 9.36 Å². The summed E-state index contributed by atoms with van der Waals surface area (Å²) in [6.45, 7) is 3.38. The molecule has 0 N–H and O–H groups in total. The molecule has 6 nitrogen and oxygen atoms in total. The molecule has 4 rings (SSSR count). The van der Waals surface area contributed by atoms with Crippen molar-refractivity contribution in [2.75, 3.05) is 12.3 Å². The molecule has 0 aliphatic heterocycles. The molecule has 0 atom stereocenters. The Balaban J connectivity index is 1.45. The van der Waals surface area contributed by atoms with Crippen molar-refractivity contribution >= 4 is 17.7 Å². The van der Waals surface area contributed by atoms with Gasteiger partial charge >= 0.3 is 0 Å². The number of allylic oxidation sites excluding steroid dienone is 2. The molecule has 2 heterocycles. The lowest BCUT2D eigenvalue weighted by molar-refractivity contribution is -0.126. The Morgan fingerprint density at radius 3 is 2.93 bits per heavy atom. The first-order valence-electron chi connectivity index (χ1n) is 9.84. The highest BCUT2D eigenvalue weighted by Crippen LogP contribution is 2.40. The van der Waals surface area contributed by atoms with Crippen molar-refractivity contribution in [2.24, 2.45) is 0 Å². The van der Waals surface area contributed by atoms with Crippen molar-refractivity contribution in [3.05, 3.63) is 41.8 Å². The van der Waals surface area contributed by atoms with Crippen molar-refractivity contribution in [3.63, 3.8) is 0 Å². The second-order valence-electron chi connectivity index (χ2n) is 7.15. The maximum absolute atomic E-state index is 12.8. The molecule has 2 aromatic heterocycles. The van der Waals surface area contributed by atoms with Gasteiger partial charge in [0.25, 0.3) is 0 Å². The van der Waals surface area contributed by atoms with Crippen molar-refractivity contribution in [2.45, 2.75) is 63.1 Å². The summed E-state index contributed by atoms with van der Waals surface area (Å²) in [5, 5.41) is 9.58. The molecule has 1 fully saturated rings. The quantitative estimate of drug-likeness (QED) is 0.636. The highest BCUT2D eigenvalue weighted by molar-refractivity contribution is 7.99. The SMILES string of the molecule is CCN(C(=O)CSc1nnc(C2CC2)n1Cc1ccco1)C1=CCCCC1. The number of rotatable bonds is 8. The molecule has 7 heteroatoms. The van der Waals surface area contributed by atoms with E-state index in [0.29, 0.717) is 18.2 Å². The number of nitrogens with zero attached hydrogens (tertiary/aromatic N) is 4. The van der Waals surface area contributed by atoms with Crippen molar-refractivity contribution in [1.29, 1.82) is 0 Å². The number of carbonyl (C=O) groups excluding carboxylic acids is 1. The first-order valence-corrected chi connectivity index (χ1v) is 10.8. The van der Waals surface area contributed by atoms with Crippen LogP contribution >= 0.6 is 11.8 Å². The van der Waals surface area contributed by atoms with E-state index in [1.807, 2.05) is 24.0 Å². The van der Waals surface area contributed by atoms with Crippen molar-refractivity contribution < 1.29 is 9.21 Å². The molecule has 0 saturated heterocycles. The fourth-order valence-electron chi connectivity index (χ4n) is 3.57. The van der Waals surface area contributed by atoms with Crippen LogP contribution in [0.25, 0.3) is 0 Å². The van der Waals surface area contributed by atoms with Gasteiger partial charge < -0.3 is 9.32 Å². The van der Waals surface area contributed by atoms with Gasteiger partial charge in [0.05, 0.1) is 18.6 Å². The monoisotopic (exact) mass is 386 g/mol. The lowest BCUT2D eigenvalue weighted by Crippen LogP contribution is -2.32. The first kappa shape index (κ1) is 18.3. The third-order valence-corrected chi connectivity index (χ3v) is 6.09. The molecule has 1 amide bonds. The van der Waals surface area contributed by atoms with E-state index < -0.39 is 0 Å². The zero-order chi connectivity index (χ0) is 18.6. The van der Waals surface area contributed by atoms with Crippen LogP contribution in [0, 0.1) is 0 Å². The fraction of sp³-hybridized carbons (Fsp3) is 0.550. The molecular formula is C20H26N4O2S. The predicted molar refractivity (Wildman–Crippen MR) is 104 cm³/mol. The van der Waals surface area contributed by atoms with Crippen LogP contribution in [-0.4, -0.2) is 37.9 Å². The summed E-state index contributed by atoms with van der Waals surface area (Å²) < 4.78 is 7.62. The minimum atomic E-state index is 0.149. The van der Waals surface area contributed by atoms with E-state index in [2.05, 4.69) is 20.8 Å². The van der Waals surface area contributed by atoms with E-state index in [9.17, 15) is 4.79 Å². The van der Waals surface area contributed by atoms with Gasteiger partial charge in [-0.25, -0.2) is 0 Å². The van der Waals surface area contributed by atoms with E-state index >= 15 is 0 Å². The molecule has 27 heavy (non-hydrogen) atoms. The van der Waals surface area contributed by atoms with Crippen LogP contribution in [0.15, 0.2) is 39.7 Å². The average Bonchev–Trinajstić information content (AvgIpc) is 3.26. The summed E-state index contributed by atoms with van der Waals surface area (Å²) in [5.74, 6) is 2.93. The Labute approximate surface area is 164 Å². The zero-order valence-corrected chi connectivity index (χ0v) is 16.6. The highest BCUT2D eigenvalue weighted by Gasteiger charge is 2.31. The molecule has 2 aliphatic rings. The van der Waals surface area contributed by atoms with Gasteiger partial charge in [-0.1, -0.05) is 17.8 Å². The number of hydrogen-bond acceptors (Lipinski definition) is 5. The molecule has 0 unspecified atom stereocenters. The minimum Gasteiger partial charge on any atom is -0.467 e. The minimum absolute atomic E-state index is 0.149. The Bertz CT molecular complexity index is 808. The van der Waals surface area contributed by atoms with Gasteiger partial charge in [0, 0.05) is 18.2 Å². The standard InChI is InChI=1S/C20H26N4O2S/c1-2-23(16-7-4-3-5-8-16)18(25)14-27-20-22-21-19(15-10-11-15)24(20)13-17-9-6-12-26-17/h6-7,9,12,15H,2-5,8,10-11,13-14H2,1H3. The Kier molecular flexibility index (Phi) is 5.66. The zero-order valence-electron chi connectivity index (χ0n) is 15.8. The topological polar surface area (TPSA) is 64.2 Å². The second kappa shape index (κ2) is 8.33. The summed E-state index contributed by atoms with van der Waals surface area (Å²) in [5.41, 5.74) is 1.19. The molecule has 2 aliphatic carbocycles. The van der Waals surface area contributed by atoms with E-state index in [1.54, 1.807) is 6.26 Å². The van der Waals surface area contributed by atoms with Crippen LogP contribution in [0.4, 0.5) is 0 Å². The number of thioether (sulfide) groups is 1. The van der Waals surface area contributed by atoms with Crippen LogP contribution in [0.5, 0.6) is 0 Å². The fourth-order valence-corrected chi connectivity index (χ4v) is 4.39. The summed E-state index contributed by atoms with van der Waals surface area (Å²) in [6, 6.07) is 3.86. The van der Waals surface area contributed by atoms with Crippen LogP contribution in [-0.2, 0) is 11.3 Å². The molecule has 0 bridgehead atoms. The molecular weight excluding hydrogens is 360 g/mol. The Hall–Kier alpha value is -2.02. The molecule has 2 aromatic rings. The number of carbonyl (C=O) groups is 1. The number of aromatic nitrogens is 3. The molecule has 1 saturated carbocycles. The maximum atomic E-state index is 12.8. The predicted octanol–water partition coefficient (Wildman–Crippen LogP) is 4.20. The van der Waals surface area contributed by atoms with Crippen LogP contribution in [0.2, 0.25) is 0 Å². The Morgan fingerprint density at radius 1 is 1.37 bits per heavy atom. The second-order valence-corrected chi connectivity index (χ2v) is 8.09. The van der Waals surface area contributed by atoms with Gasteiger partial charge in [-0.15, -0.1) is 10.2 Å². The summed E-state index contributed by atoms with van der Waals surface area (Å²) in [6.07, 6.45) is 10.7. The van der Waals surface area contributed by atoms with Gasteiger partial charge in [0.1, 0.15) is 11.6 Å². The van der Waals surface area contributed by atoms with Gasteiger partial charge in [-0.2, -0.15) is 0 Å². The van der Waals surface area contributed by atoms with Gasteiger partial charge in [-0.05, 0) is 57.6 Å². The molecule has 0 radical (unpaired) electrons. The third-order valence-electron chi connectivity index (χ3n) is 5.14. The van der Waals surface area contributed by atoms with Crippen LogP contribution < -0.4 is 0 Å². The number of furan rings is 1. The smallest absolute Gasteiger partial charge is 0.237 e. The Morgan fingerprint density at radius 2 is 2.26 bits per heavy atom. The largest absolute Gasteiger partial charge is 0.467 e. The van der Waals surface area contributed by atoms with E-state index in [4.69, 9.17) is 4.42 Å². The van der Waals surface area contributed by atoms with Crippen molar-refractivity contribution in [3.8, 4) is 0 Å². The van der Waals surface area contributed by atoms with E-state index in [1.165, 1.54) is 30.3 Å². The van der Waals surface area contributed by atoms with E-state index in [0.717, 1.165) is 49.0 Å². The van der Waals surface area contributed by atoms with Crippen LogP contribution in [0.1, 0.15) is 63.0 Å². The number of amides is 1. The normalized spacial score (nSPS) is 17.0. The molecule has 0 spiro atoms. The lowest BCUT2D eigenvalue weighted by atomic mass is 10.0. The lowest BCUT2D eigenvalue weighted by Gasteiger charge is -2.26. The van der Waals surface area contributed by atoms with Gasteiger partial charge in [0.2, 0.25) is 5.91 Å². The summed E-state index contributed by atoms with van der Waals surface area (Å²) in [7, 11) is 0. The average molecular weight is 387 g/mol. The van der Waals surface area contributed by atoms with Crippen LogP contribution in [0.3, 0.4) is 0 Å². The maximum Gasteiger partial charge on any atom is 0.237 e. The van der Waals surface area contributed by atoms with E-state index in [-0.39, 0.29) is 5.91 Å². The number of hydrogen-bond donors (Lipinski definition) is 0. The first-order chi connectivity index (χ1) is 13.3. The van der Waals surface area contributed by atoms with Crippen molar-refractivity contribution in [1.82, 2.24) is 19.7 Å². The third kappa shape index (κ3) is 4.29. The summed E-state index contributed by atoms with van der Waals surface area (Å²) in [4.78, 5) is 14.7.